The van der Waals surface area contributed by atoms with Crippen LogP contribution in [0, 0.1) is 12.3 Å². The SMILES string of the molecule is Cc1cc(NC(=O)CCc2ccccc2)ccc1/C(C=N)=C/N. The van der Waals surface area contributed by atoms with Gasteiger partial charge in [-0.15, -0.1) is 0 Å². The molecule has 0 radical (unpaired) electrons. The predicted molar refractivity (Wildman–Crippen MR) is 95.5 cm³/mol. The molecule has 4 N–H and O–H groups in total. The molecule has 0 aliphatic carbocycles. The monoisotopic (exact) mass is 307 g/mol. The zero-order valence-corrected chi connectivity index (χ0v) is 13.2. The maximum Gasteiger partial charge on any atom is 0.224 e. The lowest BCUT2D eigenvalue weighted by atomic mass is 10.0. The van der Waals surface area contributed by atoms with Gasteiger partial charge in [-0.3, -0.25) is 4.79 Å². The van der Waals surface area contributed by atoms with E-state index in [1.807, 2.05) is 55.5 Å². The van der Waals surface area contributed by atoms with Crippen molar-refractivity contribution in [2.75, 3.05) is 5.32 Å². The van der Waals surface area contributed by atoms with Gasteiger partial charge in [-0.2, -0.15) is 0 Å². The van der Waals surface area contributed by atoms with E-state index in [1.54, 1.807) is 0 Å². The van der Waals surface area contributed by atoms with Crippen molar-refractivity contribution in [2.45, 2.75) is 19.8 Å². The summed E-state index contributed by atoms with van der Waals surface area (Å²) in [5.41, 5.74) is 9.94. The Bertz CT molecular complexity index is 721. The minimum Gasteiger partial charge on any atom is -0.404 e. The summed E-state index contributed by atoms with van der Waals surface area (Å²) in [6.07, 6.45) is 3.80. The number of amides is 1. The first-order chi connectivity index (χ1) is 11.1. The lowest BCUT2D eigenvalue weighted by Gasteiger charge is -2.10. The van der Waals surface area contributed by atoms with Crippen molar-refractivity contribution in [2.24, 2.45) is 5.73 Å². The van der Waals surface area contributed by atoms with Crippen LogP contribution >= 0.6 is 0 Å². The summed E-state index contributed by atoms with van der Waals surface area (Å²) in [5, 5.41) is 10.3. The molecule has 0 fully saturated rings. The number of allylic oxidation sites excluding steroid dienone is 1. The molecule has 0 unspecified atom stereocenters. The quantitative estimate of drug-likeness (QED) is 0.714. The van der Waals surface area contributed by atoms with Crippen LogP contribution in [0.25, 0.3) is 5.57 Å². The highest BCUT2D eigenvalue weighted by atomic mass is 16.1. The Morgan fingerprint density at radius 1 is 1.22 bits per heavy atom. The molecule has 2 rings (SSSR count). The number of carbonyl (C=O) groups excluding carboxylic acids is 1. The number of aryl methyl sites for hydroxylation is 2. The average Bonchev–Trinajstić information content (AvgIpc) is 2.57. The first-order valence-electron chi connectivity index (χ1n) is 7.51. The Labute approximate surface area is 136 Å². The first kappa shape index (κ1) is 16.5. The maximum atomic E-state index is 12.0. The van der Waals surface area contributed by atoms with Crippen LogP contribution in [0.2, 0.25) is 0 Å². The van der Waals surface area contributed by atoms with Gasteiger partial charge in [0.15, 0.2) is 0 Å². The van der Waals surface area contributed by atoms with E-state index in [-0.39, 0.29) is 5.91 Å². The molecule has 2 aromatic carbocycles. The van der Waals surface area contributed by atoms with E-state index in [1.165, 1.54) is 12.4 Å². The summed E-state index contributed by atoms with van der Waals surface area (Å²) < 4.78 is 0. The number of anilines is 1. The van der Waals surface area contributed by atoms with Gasteiger partial charge in [0, 0.05) is 30.1 Å². The summed E-state index contributed by atoms with van der Waals surface area (Å²) >= 11 is 0. The fourth-order valence-electron chi connectivity index (χ4n) is 2.41. The Balaban J connectivity index is 1.99. The number of nitrogens with one attached hydrogen (secondary N) is 2. The number of benzene rings is 2. The molecule has 2 aromatic rings. The fraction of sp³-hybridized carbons (Fsp3) is 0.158. The Morgan fingerprint density at radius 2 is 1.96 bits per heavy atom. The van der Waals surface area contributed by atoms with Crippen molar-refractivity contribution in [1.82, 2.24) is 0 Å². The predicted octanol–water partition coefficient (Wildman–Crippen LogP) is 3.52. The van der Waals surface area contributed by atoms with Gasteiger partial charge in [-0.1, -0.05) is 36.4 Å². The van der Waals surface area contributed by atoms with Gasteiger partial charge in [0.05, 0.1) is 0 Å². The standard InChI is InChI=1S/C19H21N3O/c1-14-11-17(8-9-18(14)16(12-20)13-21)22-19(23)10-7-15-5-3-2-4-6-15/h2-6,8-9,11-13,20H,7,10,21H2,1H3,(H,22,23)/b16-13+,20-12?. The molecule has 0 saturated carbocycles. The fourth-order valence-corrected chi connectivity index (χ4v) is 2.41. The summed E-state index contributed by atoms with van der Waals surface area (Å²) in [6, 6.07) is 15.5. The van der Waals surface area contributed by atoms with Crippen molar-refractivity contribution >= 4 is 23.4 Å². The van der Waals surface area contributed by atoms with Crippen LogP contribution in [0.3, 0.4) is 0 Å². The van der Waals surface area contributed by atoms with Gasteiger partial charge in [0.25, 0.3) is 0 Å². The second kappa shape index (κ2) is 7.94. The largest absolute Gasteiger partial charge is 0.404 e. The summed E-state index contributed by atoms with van der Waals surface area (Å²) in [7, 11) is 0. The molecule has 0 aromatic heterocycles. The highest BCUT2D eigenvalue weighted by Gasteiger charge is 2.07. The molecule has 1 amide bonds. The Hall–Kier alpha value is -2.88. The Morgan fingerprint density at radius 3 is 2.57 bits per heavy atom. The highest BCUT2D eigenvalue weighted by molar-refractivity contribution is 6.08. The molecule has 0 bridgehead atoms. The third-order valence-corrected chi connectivity index (χ3v) is 3.64. The third kappa shape index (κ3) is 4.54. The van der Waals surface area contributed by atoms with E-state index < -0.39 is 0 Å². The minimum absolute atomic E-state index is 0.0114. The number of rotatable bonds is 6. The maximum absolute atomic E-state index is 12.0. The van der Waals surface area contributed by atoms with E-state index in [0.717, 1.165) is 28.8 Å². The van der Waals surface area contributed by atoms with E-state index in [2.05, 4.69) is 5.32 Å². The zero-order valence-electron chi connectivity index (χ0n) is 13.2. The molecule has 4 heteroatoms. The van der Waals surface area contributed by atoms with Gasteiger partial charge in [-0.25, -0.2) is 0 Å². The van der Waals surface area contributed by atoms with E-state index >= 15 is 0 Å². The molecule has 0 atom stereocenters. The molecule has 4 nitrogen and oxygen atoms in total. The van der Waals surface area contributed by atoms with Gasteiger partial charge in [0.2, 0.25) is 5.91 Å². The molecular formula is C19H21N3O. The summed E-state index contributed by atoms with van der Waals surface area (Å²) in [4.78, 5) is 12.0. The van der Waals surface area contributed by atoms with Crippen LogP contribution in [0.5, 0.6) is 0 Å². The van der Waals surface area contributed by atoms with Gasteiger partial charge in [0.1, 0.15) is 0 Å². The van der Waals surface area contributed by atoms with Crippen LogP contribution in [0.1, 0.15) is 23.1 Å². The van der Waals surface area contributed by atoms with E-state index in [0.29, 0.717) is 12.0 Å². The molecule has 0 saturated heterocycles. The normalized spacial score (nSPS) is 11.1. The second-order valence-electron chi connectivity index (χ2n) is 5.33. The van der Waals surface area contributed by atoms with Gasteiger partial charge >= 0.3 is 0 Å². The lowest BCUT2D eigenvalue weighted by molar-refractivity contribution is -0.116. The van der Waals surface area contributed by atoms with E-state index in [4.69, 9.17) is 11.1 Å². The number of nitrogens with two attached hydrogens (primary N) is 1. The lowest BCUT2D eigenvalue weighted by Crippen LogP contribution is -2.12. The van der Waals surface area contributed by atoms with Crippen LogP contribution in [-0.2, 0) is 11.2 Å². The van der Waals surface area contributed by atoms with Crippen LogP contribution < -0.4 is 11.1 Å². The van der Waals surface area contributed by atoms with Gasteiger partial charge in [-0.05, 0) is 42.2 Å². The van der Waals surface area contributed by atoms with Crippen molar-refractivity contribution in [3.8, 4) is 0 Å². The topological polar surface area (TPSA) is 79.0 Å². The molecule has 0 aliphatic rings. The molecule has 0 spiro atoms. The molecule has 0 heterocycles. The van der Waals surface area contributed by atoms with Crippen LogP contribution in [-0.4, -0.2) is 12.1 Å². The smallest absolute Gasteiger partial charge is 0.224 e. The summed E-state index contributed by atoms with van der Waals surface area (Å²) in [6.45, 7) is 1.93. The molecule has 0 aliphatic heterocycles. The Kier molecular flexibility index (Phi) is 5.69. The van der Waals surface area contributed by atoms with Crippen molar-refractivity contribution < 1.29 is 4.79 Å². The molecular weight excluding hydrogens is 286 g/mol. The summed E-state index contributed by atoms with van der Waals surface area (Å²) in [5.74, 6) is -0.0114. The number of hydrogen-bond donors (Lipinski definition) is 3. The van der Waals surface area contributed by atoms with Crippen LogP contribution in [0.4, 0.5) is 5.69 Å². The number of carbonyl (C=O) groups is 1. The van der Waals surface area contributed by atoms with Crippen molar-refractivity contribution in [3.05, 3.63) is 71.4 Å². The minimum atomic E-state index is -0.0114. The molecule has 118 valence electrons. The average molecular weight is 307 g/mol. The third-order valence-electron chi connectivity index (χ3n) is 3.64. The van der Waals surface area contributed by atoms with Crippen molar-refractivity contribution in [1.29, 1.82) is 5.41 Å². The first-order valence-corrected chi connectivity index (χ1v) is 7.51. The second-order valence-corrected chi connectivity index (χ2v) is 5.33. The van der Waals surface area contributed by atoms with E-state index in [9.17, 15) is 4.79 Å². The number of hydrogen-bond acceptors (Lipinski definition) is 3. The van der Waals surface area contributed by atoms with Crippen molar-refractivity contribution in [3.63, 3.8) is 0 Å². The molecule has 23 heavy (non-hydrogen) atoms. The van der Waals surface area contributed by atoms with Crippen LogP contribution in [0.15, 0.2) is 54.7 Å². The van der Waals surface area contributed by atoms with Gasteiger partial charge < -0.3 is 16.5 Å². The zero-order chi connectivity index (χ0) is 16.7. The highest BCUT2D eigenvalue weighted by Crippen LogP contribution is 2.21.